The van der Waals surface area contributed by atoms with Crippen molar-refractivity contribution < 1.29 is 4.79 Å². The molecule has 0 aliphatic heterocycles. The van der Waals surface area contributed by atoms with Gasteiger partial charge in [-0.3, -0.25) is 10.1 Å². The van der Waals surface area contributed by atoms with Crippen molar-refractivity contribution in [3.8, 4) is 0 Å². The van der Waals surface area contributed by atoms with Crippen molar-refractivity contribution in [1.29, 1.82) is 0 Å². The Balaban J connectivity index is 2.07. The summed E-state index contributed by atoms with van der Waals surface area (Å²) in [5, 5.41) is 5.29. The summed E-state index contributed by atoms with van der Waals surface area (Å²) in [6.45, 7) is 0.506. The van der Waals surface area contributed by atoms with Crippen LogP contribution in [0, 0.1) is 0 Å². The number of rotatable bonds is 4. The molecular formula is C10H10ClN5OS. The molecule has 0 atom stereocenters. The van der Waals surface area contributed by atoms with Gasteiger partial charge in [0.25, 0.3) is 5.91 Å². The molecule has 0 fully saturated rings. The highest BCUT2D eigenvalue weighted by Crippen LogP contribution is 2.12. The van der Waals surface area contributed by atoms with E-state index in [4.69, 9.17) is 17.3 Å². The monoisotopic (exact) mass is 283 g/mol. The average molecular weight is 284 g/mol. The van der Waals surface area contributed by atoms with Crippen molar-refractivity contribution in [3.63, 3.8) is 0 Å². The van der Waals surface area contributed by atoms with Gasteiger partial charge in [0.15, 0.2) is 0 Å². The van der Waals surface area contributed by atoms with Crippen molar-refractivity contribution in [2.75, 3.05) is 11.9 Å². The number of hydrogen-bond acceptors (Lipinski definition) is 6. The van der Waals surface area contributed by atoms with Crippen LogP contribution in [0.15, 0.2) is 17.6 Å². The Bertz CT molecular complexity index is 559. The molecule has 0 aliphatic rings. The van der Waals surface area contributed by atoms with Gasteiger partial charge in [-0.2, -0.15) is 0 Å². The van der Waals surface area contributed by atoms with Crippen molar-refractivity contribution in [3.05, 3.63) is 33.5 Å². The van der Waals surface area contributed by atoms with Gasteiger partial charge in [0.2, 0.25) is 5.95 Å². The number of aromatic nitrogens is 3. The molecule has 0 unspecified atom stereocenters. The maximum atomic E-state index is 11.8. The Morgan fingerprint density at radius 2 is 2.33 bits per heavy atom. The van der Waals surface area contributed by atoms with Gasteiger partial charge in [-0.25, -0.2) is 15.0 Å². The average Bonchev–Trinajstić information content (AvgIpc) is 2.78. The fourth-order valence-corrected chi connectivity index (χ4v) is 2.15. The van der Waals surface area contributed by atoms with Crippen molar-refractivity contribution >= 4 is 34.8 Å². The lowest BCUT2D eigenvalue weighted by Gasteiger charge is -2.00. The normalized spacial score (nSPS) is 10.3. The summed E-state index contributed by atoms with van der Waals surface area (Å²) in [4.78, 5) is 23.7. The minimum Gasteiger partial charge on any atom is -0.330 e. The van der Waals surface area contributed by atoms with Crippen LogP contribution in [0.5, 0.6) is 0 Å². The standard InChI is InChI=1S/C10H10ClN5OS/c11-7-2-4-13-10(15-7)16-9(17)6-5-18-8(14-6)1-3-12/h2,4-5H,1,3,12H2,(H,13,15,16,17). The smallest absolute Gasteiger partial charge is 0.277 e. The van der Waals surface area contributed by atoms with Crippen LogP contribution in [0.3, 0.4) is 0 Å². The third-order valence-electron chi connectivity index (χ3n) is 1.99. The van der Waals surface area contributed by atoms with Gasteiger partial charge >= 0.3 is 0 Å². The molecule has 94 valence electrons. The zero-order valence-corrected chi connectivity index (χ0v) is 10.8. The Labute approximate surface area is 112 Å². The zero-order chi connectivity index (χ0) is 13.0. The highest BCUT2D eigenvalue weighted by molar-refractivity contribution is 7.09. The topological polar surface area (TPSA) is 93.8 Å². The lowest BCUT2D eigenvalue weighted by atomic mass is 10.4. The Morgan fingerprint density at radius 1 is 1.50 bits per heavy atom. The van der Waals surface area contributed by atoms with E-state index in [0.717, 1.165) is 5.01 Å². The van der Waals surface area contributed by atoms with Gasteiger partial charge in [-0.1, -0.05) is 11.6 Å². The highest BCUT2D eigenvalue weighted by atomic mass is 35.5. The van der Waals surface area contributed by atoms with E-state index >= 15 is 0 Å². The van der Waals surface area contributed by atoms with Crippen LogP contribution in [0.4, 0.5) is 5.95 Å². The van der Waals surface area contributed by atoms with E-state index in [2.05, 4.69) is 20.3 Å². The van der Waals surface area contributed by atoms with Gasteiger partial charge in [0.1, 0.15) is 10.8 Å². The first-order chi connectivity index (χ1) is 8.69. The molecule has 8 heteroatoms. The van der Waals surface area contributed by atoms with Gasteiger partial charge in [-0.05, 0) is 12.6 Å². The van der Waals surface area contributed by atoms with E-state index in [-0.39, 0.29) is 17.0 Å². The second-order valence-electron chi connectivity index (χ2n) is 3.32. The van der Waals surface area contributed by atoms with Crippen molar-refractivity contribution in [2.24, 2.45) is 5.73 Å². The molecule has 0 saturated heterocycles. The molecule has 0 radical (unpaired) electrons. The Kier molecular flexibility index (Phi) is 4.19. The van der Waals surface area contributed by atoms with E-state index in [9.17, 15) is 4.79 Å². The minimum atomic E-state index is -0.364. The van der Waals surface area contributed by atoms with E-state index in [1.54, 1.807) is 5.38 Å². The maximum Gasteiger partial charge on any atom is 0.277 e. The van der Waals surface area contributed by atoms with Gasteiger partial charge in [0, 0.05) is 18.0 Å². The predicted molar refractivity (Wildman–Crippen MR) is 69.9 cm³/mol. The van der Waals surface area contributed by atoms with Crippen molar-refractivity contribution in [1.82, 2.24) is 15.0 Å². The second kappa shape index (κ2) is 5.85. The molecule has 0 spiro atoms. The van der Waals surface area contributed by atoms with Crippen LogP contribution < -0.4 is 11.1 Å². The first-order valence-electron chi connectivity index (χ1n) is 5.13. The number of nitrogens with zero attached hydrogens (tertiary/aromatic N) is 3. The third-order valence-corrected chi connectivity index (χ3v) is 3.11. The van der Waals surface area contributed by atoms with Crippen LogP contribution in [-0.2, 0) is 6.42 Å². The molecule has 1 amide bonds. The Morgan fingerprint density at radius 3 is 3.06 bits per heavy atom. The lowest BCUT2D eigenvalue weighted by Crippen LogP contribution is -2.14. The van der Waals surface area contributed by atoms with Gasteiger partial charge in [0.05, 0.1) is 5.01 Å². The number of nitrogens with two attached hydrogens (primary N) is 1. The number of thiazole rings is 1. The quantitative estimate of drug-likeness (QED) is 0.826. The summed E-state index contributed by atoms with van der Waals surface area (Å²) in [5.41, 5.74) is 5.74. The van der Waals surface area contributed by atoms with Crippen LogP contribution in [0.2, 0.25) is 5.15 Å². The summed E-state index contributed by atoms with van der Waals surface area (Å²) in [7, 11) is 0. The molecule has 18 heavy (non-hydrogen) atoms. The molecule has 2 rings (SSSR count). The summed E-state index contributed by atoms with van der Waals surface area (Å²) >= 11 is 7.09. The maximum absolute atomic E-state index is 11.8. The number of halogens is 1. The molecule has 0 saturated carbocycles. The number of carbonyl (C=O) groups excluding carboxylic acids is 1. The van der Waals surface area contributed by atoms with Crippen LogP contribution in [0.25, 0.3) is 0 Å². The molecule has 2 aromatic heterocycles. The Hall–Kier alpha value is -1.57. The number of amides is 1. The molecule has 0 aliphatic carbocycles. The fraction of sp³-hybridized carbons (Fsp3) is 0.200. The molecule has 0 bridgehead atoms. The van der Waals surface area contributed by atoms with E-state index in [1.165, 1.54) is 23.6 Å². The van der Waals surface area contributed by atoms with Gasteiger partial charge < -0.3 is 5.73 Å². The van der Waals surface area contributed by atoms with E-state index < -0.39 is 0 Å². The zero-order valence-electron chi connectivity index (χ0n) is 9.26. The number of anilines is 1. The number of hydrogen-bond donors (Lipinski definition) is 2. The molecule has 2 aromatic rings. The van der Waals surface area contributed by atoms with Crippen LogP contribution >= 0.6 is 22.9 Å². The molecule has 0 aromatic carbocycles. The number of nitrogens with one attached hydrogen (secondary N) is 1. The largest absolute Gasteiger partial charge is 0.330 e. The molecule has 6 nitrogen and oxygen atoms in total. The van der Waals surface area contributed by atoms with Gasteiger partial charge in [-0.15, -0.1) is 11.3 Å². The van der Waals surface area contributed by atoms with Crippen LogP contribution in [-0.4, -0.2) is 27.4 Å². The number of carbonyl (C=O) groups is 1. The molecular weight excluding hydrogens is 274 g/mol. The summed E-state index contributed by atoms with van der Waals surface area (Å²) < 4.78 is 0. The summed E-state index contributed by atoms with van der Waals surface area (Å²) in [6, 6.07) is 1.53. The second-order valence-corrected chi connectivity index (χ2v) is 4.65. The fourth-order valence-electron chi connectivity index (χ4n) is 1.22. The molecule has 3 N–H and O–H groups in total. The predicted octanol–water partition coefficient (Wildman–Crippen LogP) is 1.34. The SMILES string of the molecule is NCCc1nc(C(=O)Nc2nccc(Cl)n2)cs1. The summed E-state index contributed by atoms with van der Waals surface area (Å²) in [6.07, 6.45) is 2.12. The third kappa shape index (κ3) is 3.22. The first-order valence-corrected chi connectivity index (χ1v) is 6.39. The molecule has 2 heterocycles. The van der Waals surface area contributed by atoms with Crippen molar-refractivity contribution in [2.45, 2.75) is 6.42 Å². The van der Waals surface area contributed by atoms with Crippen LogP contribution in [0.1, 0.15) is 15.5 Å². The minimum absolute atomic E-state index is 0.154. The van der Waals surface area contributed by atoms with E-state index in [0.29, 0.717) is 18.7 Å². The highest BCUT2D eigenvalue weighted by Gasteiger charge is 2.12. The van der Waals surface area contributed by atoms with E-state index in [1.807, 2.05) is 0 Å². The first kappa shape index (κ1) is 12.9. The summed E-state index contributed by atoms with van der Waals surface area (Å²) in [5.74, 6) is -0.210. The lowest BCUT2D eigenvalue weighted by molar-refractivity contribution is 0.102.